The van der Waals surface area contributed by atoms with Crippen LogP contribution in [0.5, 0.6) is 0 Å². The van der Waals surface area contributed by atoms with E-state index in [0.717, 1.165) is 32.1 Å². The summed E-state index contributed by atoms with van der Waals surface area (Å²) in [5, 5.41) is 9.00. The number of aromatic carboxylic acids is 1. The molecule has 0 unspecified atom stereocenters. The van der Waals surface area contributed by atoms with Gasteiger partial charge in [0.05, 0.1) is 5.56 Å². The fourth-order valence-electron chi connectivity index (χ4n) is 4.29. The van der Waals surface area contributed by atoms with Gasteiger partial charge in [0.15, 0.2) is 0 Å². The van der Waals surface area contributed by atoms with Gasteiger partial charge in [0.25, 0.3) is 0 Å². The van der Waals surface area contributed by atoms with Crippen LogP contribution in [0.3, 0.4) is 0 Å². The molecule has 2 aromatic rings. The highest BCUT2D eigenvalue weighted by atomic mass is 16.4. The molecule has 0 aliphatic carbocycles. The molecule has 2 fully saturated rings. The Balaban J connectivity index is 1.37. The van der Waals surface area contributed by atoms with Gasteiger partial charge >= 0.3 is 5.97 Å². The maximum atomic E-state index is 11.0. The second kappa shape index (κ2) is 6.98. The van der Waals surface area contributed by atoms with Crippen LogP contribution in [0.1, 0.15) is 27.9 Å². The van der Waals surface area contributed by atoms with Crippen molar-refractivity contribution in [1.82, 2.24) is 9.80 Å². The van der Waals surface area contributed by atoms with E-state index in [1.165, 1.54) is 24.1 Å². The van der Waals surface area contributed by atoms with E-state index in [-0.39, 0.29) is 0 Å². The van der Waals surface area contributed by atoms with Crippen LogP contribution in [0.15, 0.2) is 54.6 Å². The minimum absolute atomic E-state index is 0.357. The van der Waals surface area contributed by atoms with Gasteiger partial charge in [0, 0.05) is 32.2 Å². The highest BCUT2D eigenvalue weighted by Crippen LogP contribution is 2.33. The van der Waals surface area contributed by atoms with Crippen LogP contribution in [0.2, 0.25) is 0 Å². The van der Waals surface area contributed by atoms with Gasteiger partial charge in [-0.2, -0.15) is 0 Å². The maximum Gasteiger partial charge on any atom is 0.335 e. The van der Waals surface area contributed by atoms with Crippen LogP contribution < -0.4 is 0 Å². The zero-order valence-corrected chi connectivity index (χ0v) is 14.3. The summed E-state index contributed by atoms with van der Waals surface area (Å²) in [7, 11) is 0. The monoisotopic (exact) mass is 336 g/mol. The van der Waals surface area contributed by atoms with E-state index in [2.05, 4.69) is 40.1 Å². The first-order valence-corrected chi connectivity index (χ1v) is 9.01. The second-order valence-corrected chi connectivity index (χ2v) is 7.27. The molecule has 0 aromatic heterocycles. The van der Waals surface area contributed by atoms with Crippen molar-refractivity contribution in [2.24, 2.45) is 5.92 Å². The molecule has 0 spiro atoms. The number of benzene rings is 2. The molecule has 2 atom stereocenters. The zero-order valence-electron chi connectivity index (χ0n) is 14.3. The molecule has 0 bridgehead atoms. The lowest BCUT2D eigenvalue weighted by molar-refractivity contribution is 0.0697. The average Bonchev–Trinajstić information content (AvgIpc) is 3.18. The first kappa shape index (κ1) is 16.3. The Morgan fingerprint density at radius 1 is 0.960 bits per heavy atom. The number of hydrogen-bond donors (Lipinski definition) is 1. The molecule has 1 N–H and O–H groups in total. The van der Waals surface area contributed by atoms with Crippen LogP contribution in [-0.2, 0) is 13.1 Å². The van der Waals surface area contributed by atoms with Crippen LogP contribution in [0, 0.1) is 5.92 Å². The molecule has 130 valence electrons. The third kappa shape index (κ3) is 3.60. The Morgan fingerprint density at radius 3 is 2.40 bits per heavy atom. The summed E-state index contributed by atoms with van der Waals surface area (Å²) in [5.41, 5.74) is 2.95. The molecule has 0 radical (unpaired) electrons. The van der Waals surface area contributed by atoms with E-state index in [0.29, 0.717) is 11.6 Å². The molecule has 4 heteroatoms. The number of nitrogens with zero attached hydrogens (tertiary/aromatic N) is 2. The van der Waals surface area contributed by atoms with E-state index in [1.807, 2.05) is 12.1 Å². The fraction of sp³-hybridized carbons (Fsp3) is 0.381. The van der Waals surface area contributed by atoms with Crippen LogP contribution >= 0.6 is 0 Å². The summed E-state index contributed by atoms with van der Waals surface area (Å²) in [6, 6.07) is 18.7. The third-order valence-electron chi connectivity index (χ3n) is 5.57. The normalized spacial score (nSPS) is 23.7. The van der Waals surface area contributed by atoms with E-state index in [9.17, 15) is 4.79 Å². The van der Waals surface area contributed by atoms with Gasteiger partial charge in [0.2, 0.25) is 0 Å². The van der Waals surface area contributed by atoms with Crippen molar-refractivity contribution in [2.75, 3.05) is 19.6 Å². The van der Waals surface area contributed by atoms with Crippen molar-refractivity contribution in [3.63, 3.8) is 0 Å². The number of fused-ring (bicyclic) bond motifs is 1. The summed E-state index contributed by atoms with van der Waals surface area (Å²) >= 11 is 0. The van der Waals surface area contributed by atoms with E-state index in [4.69, 9.17) is 5.11 Å². The summed E-state index contributed by atoms with van der Waals surface area (Å²) in [5.74, 6) is -0.0965. The Kier molecular flexibility index (Phi) is 4.55. The lowest BCUT2D eigenvalue weighted by atomic mass is 10.0. The molecule has 4 nitrogen and oxygen atoms in total. The smallest absolute Gasteiger partial charge is 0.335 e. The maximum absolute atomic E-state index is 11.0. The van der Waals surface area contributed by atoms with Gasteiger partial charge < -0.3 is 5.11 Å². The lowest BCUT2D eigenvalue weighted by Gasteiger charge is -2.25. The second-order valence-electron chi connectivity index (χ2n) is 7.27. The molecule has 2 heterocycles. The van der Waals surface area contributed by atoms with E-state index >= 15 is 0 Å². The van der Waals surface area contributed by atoms with Gasteiger partial charge in [0.1, 0.15) is 0 Å². The van der Waals surface area contributed by atoms with Gasteiger partial charge in [-0.3, -0.25) is 9.80 Å². The SMILES string of the molecule is O=C(O)c1ccc(CN2C[C@@H]3CCN(Cc4ccccc4)[C@@H]3C2)cc1. The van der Waals surface area contributed by atoms with Crippen molar-refractivity contribution in [3.8, 4) is 0 Å². The average molecular weight is 336 g/mol. The Morgan fingerprint density at radius 2 is 1.68 bits per heavy atom. The third-order valence-corrected chi connectivity index (χ3v) is 5.57. The minimum atomic E-state index is -0.862. The Labute approximate surface area is 148 Å². The number of carbonyl (C=O) groups is 1. The van der Waals surface area contributed by atoms with Crippen LogP contribution in [0.25, 0.3) is 0 Å². The molecule has 0 amide bonds. The molecule has 2 saturated heterocycles. The van der Waals surface area contributed by atoms with E-state index in [1.54, 1.807) is 12.1 Å². The fourth-order valence-corrected chi connectivity index (χ4v) is 4.29. The van der Waals surface area contributed by atoms with Gasteiger partial charge in [-0.05, 0) is 42.1 Å². The van der Waals surface area contributed by atoms with E-state index < -0.39 is 5.97 Å². The summed E-state index contributed by atoms with van der Waals surface area (Å²) in [6.45, 7) is 5.41. The van der Waals surface area contributed by atoms with Crippen molar-refractivity contribution in [1.29, 1.82) is 0 Å². The number of likely N-dealkylation sites (tertiary alicyclic amines) is 2. The van der Waals surface area contributed by atoms with Crippen LogP contribution in [0.4, 0.5) is 0 Å². The van der Waals surface area contributed by atoms with Gasteiger partial charge in [-0.15, -0.1) is 0 Å². The standard InChI is InChI=1S/C21H24N2O2/c24-21(25)18-8-6-17(7-9-18)12-22-14-19-10-11-23(20(19)15-22)13-16-4-2-1-3-5-16/h1-9,19-20H,10-15H2,(H,24,25)/t19-,20+/m0/s1. The first-order chi connectivity index (χ1) is 12.2. The molecule has 2 aromatic carbocycles. The Bertz CT molecular complexity index is 729. The predicted octanol–water partition coefficient (Wildman–Crippen LogP) is 3.09. The molecule has 2 aliphatic rings. The van der Waals surface area contributed by atoms with Crippen molar-refractivity contribution in [2.45, 2.75) is 25.6 Å². The molecule has 25 heavy (non-hydrogen) atoms. The molecular formula is C21H24N2O2. The predicted molar refractivity (Wildman–Crippen MR) is 97.4 cm³/mol. The largest absolute Gasteiger partial charge is 0.478 e. The minimum Gasteiger partial charge on any atom is -0.478 e. The number of carboxylic acid groups (broad SMARTS) is 1. The quantitative estimate of drug-likeness (QED) is 0.911. The molecular weight excluding hydrogens is 312 g/mol. The molecule has 0 saturated carbocycles. The van der Waals surface area contributed by atoms with Crippen molar-refractivity contribution in [3.05, 3.63) is 71.3 Å². The lowest BCUT2D eigenvalue weighted by Crippen LogP contribution is -2.34. The number of rotatable bonds is 5. The van der Waals surface area contributed by atoms with Crippen LogP contribution in [-0.4, -0.2) is 46.6 Å². The first-order valence-electron chi connectivity index (χ1n) is 9.01. The summed E-state index contributed by atoms with van der Waals surface area (Å²) < 4.78 is 0. The molecule has 2 aliphatic heterocycles. The zero-order chi connectivity index (χ0) is 17.2. The Hall–Kier alpha value is -2.17. The summed E-state index contributed by atoms with van der Waals surface area (Å²) in [6.07, 6.45) is 1.28. The highest BCUT2D eigenvalue weighted by Gasteiger charge is 2.40. The topological polar surface area (TPSA) is 43.8 Å². The van der Waals surface area contributed by atoms with Gasteiger partial charge in [-0.25, -0.2) is 4.79 Å². The highest BCUT2D eigenvalue weighted by molar-refractivity contribution is 5.87. The van der Waals surface area contributed by atoms with Gasteiger partial charge in [-0.1, -0.05) is 42.5 Å². The number of hydrogen-bond acceptors (Lipinski definition) is 3. The number of carboxylic acids is 1. The van der Waals surface area contributed by atoms with Crippen molar-refractivity contribution >= 4 is 5.97 Å². The molecule has 4 rings (SSSR count). The summed E-state index contributed by atoms with van der Waals surface area (Å²) in [4.78, 5) is 16.1. The van der Waals surface area contributed by atoms with Crippen molar-refractivity contribution < 1.29 is 9.90 Å².